The summed E-state index contributed by atoms with van der Waals surface area (Å²) in [5, 5.41) is 6.66. The van der Waals surface area contributed by atoms with Crippen molar-refractivity contribution in [3.63, 3.8) is 0 Å². The van der Waals surface area contributed by atoms with Crippen LogP contribution in [-0.2, 0) is 23.8 Å². The molecule has 0 saturated carbocycles. The summed E-state index contributed by atoms with van der Waals surface area (Å²) in [5.74, 6) is -2.47. The van der Waals surface area contributed by atoms with E-state index in [-0.39, 0.29) is 0 Å². The Balaban J connectivity index is 0.954. The summed E-state index contributed by atoms with van der Waals surface area (Å²) >= 11 is 6.76. The molecule has 0 radical (unpaired) electrons. The third-order valence-corrected chi connectivity index (χ3v) is 7.42. The van der Waals surface area contributed by atoms with Gasteiger partial charge in [0, 0.05) is 69.4 Å². The van der Waals surface area contributed by atoms with E-state index in [0.29, 0.717) is 87.5 Å². The number of benzene rings is 2. The Morgan fingerprint density at radius 2 is 1.00 bits per heavy atom. The van der Waals surface area contributed by atoms with Crippen LogP contribution in [-0.4, -0.2) is 86.1 Å². The van der Waals surface area contributed by atoms with Crippen molar-refractivity contribution in [1.29, 1.82) is 0 Å². The number of ether oxygens (including phenoxy) is 3. The molecule has 0 unspecified atom stereocenters. The first-order chi connectivity index (χ1) is 20.8. The Kier molecular flexibility index (Phi) is 12.5. The van der Waals surface area contributed by atoms with Gasteiger partial charge < -0.3 is 34.8 Å². The number of aromatic amines is 2. The molecule has 0 fully saturated rings. The Labute approximate surface area is 264 Å². The summed E-state index contributed by atoms with van der Waals surface area (Å²) in [6.07, 6.45) is 4.21. The zero-order chi connectivity index (χ0) is 30.6. The van der Waals surface area contributed by atoms with Crippen LogP contribution in [0.2, 0.25) is 0 Å². The van der Waals surface area contributed by atoms with E-state index < -0.39 is 23.4 Å². The van der Waals surface area contributed by atoms with E-state index in [1.807, 2.05) is 24.3 Å². The number of amides is 2. The number of Topliss-reactive ketones (excluding diaryl/α,β-unsaturated/α-hetero) is 2. The van der Waals surface area contributed by atoms with E-state index in [1.54, 1.807) is 24.5 Å². The molecule has 0 atom stereocenters. The van der Waals surface area contributed by atoms with Crippen molar-refractivity contribution in [3.8, 4) is 0 Å². The molecule has 0 saturated heterocycles. The van der Waals surface area contributed by atoms with Gasteiger partial charge in [0.2, 0.25) is 0 Å². The minimum atomic E-state index is -0.651. The van der Waals surface area contributed by atoms with E-state index in [2.05, 4.69) is 52.5 Å². The van der Waals surface area contributed by atoms with Gasteiger partial charge in [0.05, 0.1) is 37.6 Å². The number of carbonyl (C=O) groups is 4. The summed E-state index contributed by atoms with van der Waals surface area (Å²) in [5.41, 5.74) is 2.23. The smallest absolute Gasteiger partial charge is 0.292 e. The molecule has 2 aromatic carbocycles. The molecule has 4 N–H and O–H groups in total. The molecular weight excluding hydrogens is 688 g/mol. The number of carbonyl (C=O) groups excluding carboxylic acids is 4. The quantitative estimate of drug-likeness (QED) is 0.0680. The van der Waals surface area contributed by atoms with Crippen LogP contribution in [0.1, 0.15) is 33.6 Å². The number of fused-ring (bicyclic) bond motifs is 2. The van der Waals surface area contributed by atoms with Gasteiger partial charge in [-0.2, -0.15) is 0 Å². The molecule has 0 aliphatic carbocycles. The maximum Gasteiger partial charge on any atom is 0.292 e. The second-order valence-electron chi connectivity index (χ2n) is 9.50. The number of halogens is 2. The normalized spacial score (nSPS) is 11.2. The van der Waals surface area contributed by atoms with Crippen molar-refractivity contribution < 1.29 is 33.4 Å². The fraction of sp³-hybridized carbons (Fsp3) is 0.333. The number of H-pyrrole nitrogens is 2. The van der Waals surface area contributed by atoms with Gasteiger partial charge >= 0.3 is 0 Å². The molecular formula is C30H32Br2N4O7. The third-order valence-electron chi connectivity index (χ3n) is 6.44. The van der Waals surface area contributed by atoms with Crippen molar-refractivity contribution in [2.45, 2.75) is 12.8 Å². The van der Waals surface area contributed by atoms with Crippen LogP contribution in [0.5, 0.6) is 0 Å². The lowest BCUT2D eigenvalue weighted by atomic mass is 10.1. The molecule has 4 rings (SSSR count). The van der Waals surface area contributed by atoms with Gasteiger partial charge in [0.15, 0.2) is 0 Å². The SMILES string of the molecule is O=C(NCCCOCCOCCOCCCNC(=O)C(=O)c1c[nH]c2cc(Br)ccc12)C(=O)c1c[nH]c2cc(Br)ccc12. The van der Waals surface area contributed by atoms with Crippen LogP contribution in [0, 0.1) is 0 Å². The van der Waals surface area contributed by atoms with Crippen LogP contribution < -0.4 is 10.6 Å². The highest BCUT2D eigenvalue weighted by molar-refractivity contribution is 9.10. The number of hydrogen-bond donors (Lipinski definition) is 4. The minimum absolute atomic E-state index is 0.322. The van der Waals surface area contributed by atoms with E-state index >= 15 is 0 Å². The van der Waals surface area contributed by atoms with Crippen molar-refractivity contribution >= 4 is 77.0 Å². The number of aromatic nitrogens is 2. The zero-order valence-electron chi connectivity index (χ0n) is 23.3. The van der Waals surface area contributed by atoms with Crippen molar-refractivity contribution in [2.75, 3.05) is 52.7 Å². The molecule has 0 spiro atoms. The monoisotopic (exact) mass is 718 g/mol. The summed E-state index contributed by atoms with van der Waals surface area (Å²) in [7, 11) is 0. The first-order valence-electron chi connectivity index (χ1n) is 13.8. The van der Waals surface area contributed by atoms with Crippen LogP contribution >= 0.6 is 31.9 Å². The van der Waals surface area contributed by atoms with E-state index in [0.717, 1.165) is 20.0 Å². The van der Waals surface area contributed by atoms with Crippen LogP contribution in [0.4, 0.5) is 0 Å². The van der Waals surface area contributed by atoms with Crippen molar-refractivity contribution in [1.82, 2.24) is 20.6 Å². The number of rotatable bonds is 18. The van der Waals surface area contributed by atoms with Gasteiger partial charge in [-0.15, -0.1) is 0 Å². The lowest BCUT2D eigenvalue weighted by Gasteiger charge is -2.08. The molecule has 228 valence electrons. The number of hydrogen-bond acceptors (Lipinski definition) is 7. The first kappa shape index (κ1) is 32.6. The highest BCUT2D eigenvalue weighted by atomic mass is 79.9. The standard InChI is InChI=1S/C30H32Br2N4O7/c31-19-3-5-21-23(17-35-25(21)15-19)27(37)29(39)33-7-1-9-41-11-13-43-14-12-42-10-2-8-34-30(40)28(38)24-18-36-26-16-20(32)4-6-22(24)26/h3-6,15-18,35-36H,1-2,7-14H2,(H,33,39)(H,34,40). The molecule has 2 amide bonds. The molecule has 0 aliphatic rings. The lowest BCUT2D eigenvalue weighted by molar-refractivity contribution is -0.117. The van der Waals surface area contributed by atoms with Gasteiger partial charge in [-0.25, -0.2) is 0 Å². The molecule has 13 heteroatoms. The van der Waals surface area contributed by atoms with Crippen molar-refractivity contribution in [3.05, 3.63) is 68.9 Å². The summed E-state index contributed by atoms with van der Waals surface area (Å²) in [6.45, 7) is 3.06. The first-order valence-corrected chi connectivity index (χ1v) is 15.4. The molecule has 11 nitrogen and oxygen atoms in total. The molecule has 2 aromatic heterocycles. The fourth-order valence-electron chi connectivity index (χ4n) is 4.27. The largest absolute Gasteiger partial charge is 0.379 e. The maximum absolute atomic E-state index is 12.5. The Hall–Kier alpha value is -3.36. The summed E-state index contributed by atoms with van der Waals surface area (Å²) in [4.78, 5) is 55.4. The molecule has 2 heterocycles. The van der Waals surface area contributed by atoms with Gasteiger partial charge in [-0.05, 0) is 37.1 Å². The average molecular weight is 720 g/mol. The Morgan fingerprint density at radius 3 is 1.42 bits per heavy atom. The van der Waals surface area contributed by atoms with Gasteiger partial charge in [-0.1, -0.05) is 44.0 Å². The second-order valence-corrected chi connectivity index (χ2v) is 11.3. The third kappa shape index (κ3) is 9.31. The second kappa shape index (κ2) is 16.5. The van der Waals surface area contributed by atoms with Crippen LogP contribution in [0.15, 0.2) is 57.7 Å². The predicted octanol–water partition coefficient (Wildman–Crippen LogP) is 4.30. The lowest BCUT2D eigenvalue weighted by Crippen LogP contribution is -2.32. The molecule has 0 bridgehead atoms. The topological polar surface area (TPSA) is 152 Å². The van der Waals surface area contributed by atoms with Crippen LogP contribution in [0.3, 0.4) is 0 Å². The summed E-state index contributed by atoms with van der Waals surface area (Å²) < 4.78 is 18.2. The van der Waals surface area contributed by atoms with E-state index in [1.165, 1.54) is 0 Å². The number of nitrogens with one attached hydrogen (secondary N) is 4. The van der Waals surface area contributed by atoms with Crippen molar-refractivity contribution in [2.24, 2.45) is 0 Å². The van der Waals surface area contributed by atoms with Crippen LogP contribution in [0.25, 0.3) is 21.8 Å². The van der Waals surface area contributed by atoms with Gasteiger partial charge in [0.25, 0.3) is 23.4 Å². The maximum atomic E-state index is 12.5. The fourth-order valence-corrected chi connectivity index (χ4v) is 4.99. The molecule has 43 heavy (non-hydrogen) atoms. The highest BCUT2D eigenvalue weighted by Gasteiger charge is 2.20. The van der Waals surface area contributed by atoms with E-state index in [9.17, 15) is 19.2 Å². The highest BCUT2D eigenvalue weighted by Crippen LogP contribution is 2.23. The Bertz CT molecular complexity index is 1470. The molecule has 4 aromatic rings. The zero-order valence-corrected chi connectivity index (χ0v) is 26.5. The van der Waals surface area contributed by atoms with Gasteiger partial charge in [-0.3, -0.25) is 19.2 Å². The average Bonchev–Trinajstić information content (AvgIpc) is 3.61. The Morgan fingerprint density at radius 1 is 0.605 bits per heavy atom. The number of ketones is 2. The minimum Gasteiger partial charge on any atom is -0.379 e. The van der Waals surface area contributed by atoms with E-state index in [4.69, 9.17) is 14.2 Å². The summed E-state index contributed by atoms with van der Waals surface area (Å²) in [6, 6.07) is 10.9. The van der Waals surface area contributed by atoms with Gasteiger partial charge in [0.1, 0.15) is 0 Å². The molecule has 0 aliphatic heterocycles. The predicted molar refractivity (Wildman–Crippen MR) is 168 cm³/mol.